The van der Waals surface area contributed by atoms with Gasteiger partial charge in [0.1, 0.15) is 23.5 Å². The van der Waals surface area contributed by atoms with Crippen molar-refractivity contribution in [3.63, 3.8) is 0 Å². The van der Waals surface area contributed by atoms with Crippen LogP contribution < -0.4 is 9.96 Å². The lowest BCUT2D eigenvalue weighted by Gasteiger charge is -2.27. The van der Waals surface area contributed by atoms with Gasteiger partial charge in [0, 0.05) is 5.56 Å². The first-order chi connectivity index (χ1) is 17.4. The largest absolute Gasteiger partial charge is 0.459 e. The van der Waals surface area contributed by atoms with Gasteiger partial charge in [-0.1, -0.05) is 59.1 Å². The number of anilines is 2. The first-order valence-electron chi connectivity index (χ1n) is 11.4. The summed E-state index contributed by atoms with van der Waals surface area (Å²) in [5.74, 6) is -0.448. The predicted molar refractivity (Wildman–Crippen MR) is 138 cm³/mol. The molecule has 0 spiro atoms. The smallest absolute Gasteiger partial charge is 0.266 e. The number of benzene rings is 3. The summed E-state index contributed by atoms with van der Waals surface area (Å²) >= 11 is 12.3. The fraction of sp³-hybridized carbons (Fsp3) is 0.143. The van der Waals surface area contributed by atoms with E-state index in [2.05, 4.69) is 0 Å². The summed E-state index contributed by atoms with van der Waals surface area (Å²) < 4.78 is 6.24. The number of aryl methyl sites for hydroxylation is 1. The fourth-order valence-corrected chi connectivity index (χ4v) is 5.06. The third kappa shape index (κ3) is 3.69. The van der Waals surface area contributed by atoms with Crippen LogP contribution in [0.25, 0.3) is 11.3 Å². The molecule has 0 saturated carbocycles. The van der Waals surface area contributed by atoms with Crippen molar-refractivity contribution in [3.8, 4) is 11.3 Å². The van der Waals surface area contributed by atoms with Crippen LogP contribution in [0.3, 0.4) is 0 Å². The molecule has 2 fully saturated rings. The Morgan fingerprint density at radius 2 is 1.53 bits per heavy atom. The maximum absolute atomic E-state index is 13.7. The number of nitrogens with zero attached hydrogens (tertiary/aromatic N) is 2. The van der Waals surface area contributed by atoms with E-state index in [4.69, 9.17) is 32.5 Å². The van der Waals surface area contributed by atoms with Crippen molar-refractivity contribution in [2.75, 3.05) is 9.96 Å². The van der Waals surface area contributed by atoms with E-state index in [0.29, 0.717) is 32.9 Å². The van der Waals surface area contributed by atoms with Crippen molar-refractivity contribution in [1.29, 1.82) is 0 Å². The molecule has 2 aliphatic rings. The number of carbonyl (C=O) groups excluding carboxylic acids is 2. The molecule has 0 aliphatic carbocycles. The maximum atomic E-state index is 13.7. The second-order valence-corrected chi connectivity index (χ2v) is 9.65. The number of hydrogen-bond acceptors (Lipinski definition) is 5. The normalized spacial score (nSPS) is 21.4. The van der Waals surface area contributed by atoms with E-state index in [0.717, 1.165) is 11.1 Å². The molecule has 3 aromatic carbocycles. The van der Waals surface area contributed by atoms with Crippen molar-refractivity contribution in [2.24, 2.45) is 5.92 Å². The Morgan fingerprint density at radius 1 is 0.778 bits per heavy atom. The average Bonchev–Trinajstić information content (AvgIpc) is 3.58. The van der Waals surface area contributed by atoms with E-state index in [-0.39, 0.29) is 5.91 Å². The Labute approximate surface area is 217 Å². The highest BCUT2D eigenvalue weighted by Crippen LogP contribution is 2.48. The van der Waals surface area contributed by atoms with Crippen LogP contribution in [-0.2, 0) is 14.4 Å². The molecule has 6 nitrogen and oxygen atoms in total. The van der Waals surface area contributed by atoms with Crippen molar-refractivity contribution < 1.29 is 18.8 Å². The van der Waals surface area contributed by atoms with E-state index in [9.17, 15) is 9.59 Å². The first-order valence-corrected chi connectivity index (χ1v) is 12.2. The maximum Gasteiger partial charge on any atom is 0.266 e. The van der Waals surface area contributed by atoms with Crippen LogP contribution in [0.2, 0.25) is 10.0 Å². The second kappa shape index (κ2) is 8.82. The molecule has 0 bridgehead atoms. The highest BCUT2D eigenvalue weighted by molar-refractivity contribution is 6.42. The molecular formula is C28H20Cl2N2O4. The van der Waals surface area contributed by atoms with Crippen molar-refractivity contribution in [2.45, 2.75) is 19.1 Å². The van der Waals surface area contributed by atoms with Crippen molar-refractivity contribution >= 4 is 46.4 Å². The molecule has 180 valence electrons. The van der Waals surface area contributed by atoms with E-state index in [1.54, 1.807) is 35.4 Å². The van der Waals surface area contributed by atoms with Gasteiger partial charge in [0.25, 0.3) is 5.91 Å². The molecule has 4 aromatic rings. The highest BCUT2D eigenvalue weighted by atomic mass is 35.5. The third-order valence-electron chi connectivity index (χ3n) is 6.54. The summed E-state index contributed by atoms with van der Waals surface area (Å²) in [6, 6.07) is 24.8. The van der Waals surface area contributed by atoms with Gasteiger partial charge in [-0.3, -0.25) is 14.4 Å². The highest BCUT2D eigenvalue weighted by Gasteiger charge is 2.61. The lowest BCUT2D eigenvalue weighted by Crippen LogP contribution is -2.37. The quantitative estimate of drug-likeness (QED) is 0.284. The molecule has 8 heteroatoms. The van der Waals surface area contributed by atoms with E-state index < -0.39 is 24.0 Å². The Bertz CT molecular complexity index is 1470. The van der Waals surface area contributed by atoms with Gasteiger partial charge in [-0.2, -0.15) is 0 Å². The van der Waals surface area contributed by atoms with Crippen molar-refractivity contribution in [1.82, 2.24) is 0 Å². The lowest BCUT2D eigenvalue weighted by atomic mass is 9.94. The molecule has 3 atom stereocenters. The van der Waals surface area contributed by atoms with Crippen LogP contribution in [0.5, 0.6) is 0 Å². The zero-order chi connectivity index (χ0) is 25.0. The van der Waals surface area contributed by atoms with Crippen LogP contribution in [0.1, 0.15) is 17.4 Å². The molecule has 0 N–H and O–H groups in total. The van der Waals surface area contributed by atoms with Gasteiger partial charge in [-0.25, -0.2) is 9.96 Å². The minimum atomic E-state index is -0.970. The van der Waals surface area contributed by atoms with Crippen LogP contribution >= 0.6 is 23.2 Å². The van der Waals surface area contributed by atoms with Gasteiger partial charge in [-0.05, 0) is 61.5 Å². The lowest BCUT2D eigenvalue weighted by molar-refractivity contribution is -0.126. The summed E-state index contributed by atoms with van der Waals surface area (Å²) in [4.78, 5) is 34.5. The van der Waals surface area contributed by atoms with E-state index >= 15 is 0 Å². The second-order valence-electron chi connectivity index (χ2n) is 8.84. The van der Waals surface area contributed by atoms with E-state index in [1.165, 1.54) is 4.90 Å². The minimum Gasteiger partial charge on any atom is -0.459 e. The number of para-hydroxylation sites is 1. The standard InChI is InChI=1S/C28H20Cl2N2O4/c1-16-7-10-18(11-8-16)31-27(33)24-25(32(36-26(24)28(31)34)19-5-3-2-4-6-19)23-14-13-22(35-23)17-9-12-20(29)21(30)15-17/h2-15,24-26H,1H3/t24-,25-,26-/m1/s1. The summed E-state index contributed by atoms with van der Waals surface area (Å²) in [5.41, 5.74) is 3.02. The topological polar surface area (TPSA) is 63.0 Å². The molecule has 2 aliphatic heterocycles. The molecule has 1 aromatic heterocycles. The van der Waals surface area contributed by atoms with Gasteiger partial charge >= 0.3 is 0 Å². The number of fused-ring (bicyclic) bond motifs is 1. The van der Waals surface area contributed by atoms with Crippen LogP contribution in [-0.4, -0.2) is 17.9 Å². The van der Waals surface area contributed by atoms with Gasteiger partial charge < -0.3 is 4.42 Å². The van der Waals surface area contributed by atoms with Crippen LogP contribution in [0.15, 0.2) is 89.3 Å². The molecule has 2 amide bonds. The summed E-state index contributed by atoms with van der Waals surface area (Å²) in [6.45, 7) is 1.95. The number of rotatable bonds is 4. The summed E-state index contributed by atoms with van der Waals surface area (Å²) in [5, 5.41) is 2.46. The molecule has 36 heavy (non-hydrogen) atoms. The third-order valence-corrected chi connectivity index (χ3v) is 7.28. The predicted octanol–water partition coefficient (Wildman–Crippen LogP) is 6.61. The average molecular weight is 519 g/mol. The molecule has 6 rings (SSSR count). The zero-order valence-electron chi connectivity index (χ0n) is 19.1. The Morgan fingerprint density at radius 3 is 2.25 bits per heavy atom. The number of hydroxylamine groups is 1. The SMILES string of the molecule is Cc1ccc(N2C(=O)[C@@H]3[C@@H](c4ccc(-c5ccc(Cl)c(Cl)c5)o4)N(c4ccccc4)O[C@H]3C2=O)cc1. The number of halogens is 2. The molecule has 3 heterocycles. The Balaban J connectivity index is 1.41. The zero-order valence-corrected chi connectivity index (χ0v) is 20.6. The fourth-order valence-electron chi connectivity index (χ4n) is 4.77. The van der Waals surface area contributed by atoms with Gasteiger partial charge in [0.15, 0.2) is 6.10 Å². The van der Waals surface area contributed by atoms with Gasteiger partial charge in [-0.15, -0.1) is 0 Å². The summed E-state index contributed by atoms with van der Waals surface area (Å²) in [6.07, 6.45) is -0.970. The number of imide groups is 1. The minimum absolute atomic E-state index is 0.329. The van der Waals surface area contributed by atoms with Gasteiger partial charge in [0.05, 0.1) is 21.4 Å². The van der Waals surface area contributed by atoms with E-state index in [1.807, 2.05) is 61.5 Å². The Kier molecular flexibility index (Phi) is 5.60. The van der Waals surface area contributed by atoms with Gasteiger partial charge in [0.2, 0.25) is 5.91 Å². The first kappa shape index (κ1) is 22.9. The monoisotopic (exact) mass is 518 g/mol. The Hall–Kier alpha value is -3.58. The summed E-state index contributed by atoms with van der Waals surface area (Å²) in [7, 11) is 0. The molecule has 0 unspecified atom stereocenters. The number of hydrogen-bond donors (Lipinski definition) is 0. The number of carbonyl (C=O) groups is 2. The van der Waals surface area contributed by atoms with Crippen LogP contribution in [0.4, 0.5) is 11.4 Å². The molecular weight excluding hydrogens is 499 g/mol. The number of furan rings is 1. The van der Waals surface area contributed by atoms with Crippen LogP contribution in [0, 0.1) is 12.8 Å². The molecule has 2 saturated heterocycles. The van der Waals surface area contributed by atoms with Crippen molar-refractivity contribution in [3.05, 3.63) is 106 Å². The number of amides is 2. The molecule has 0 radical (unpaired) electrons.